The number of carbonyl (C=O) groups excluding carboxylic acids is 1. The number of aryl methyl sites for hydroxylation is 1. The Morgan fingerprint density at radius 2 is 2.45 bits per heavy atom. The lowest BCUT2D eigenvalue weighted by molar-refractivity contribution is -0.122. The van der Waals surface area contributed by atoms with Crippen molar-refractivity contribution in [1.82, 2.24) is 30.4 Å². The molecule has 7 heteroatoms. The Bertz CT molecular complexity index is 626. The number of hydrogen-bond acceptors (Lipinski definition) is 4. The highest BCUT2D eigenvalue weighted by atomic mass is 16.2. The second-order valence-corrected chi connectivity index (χ2v) is 5.71. The number of amides is 1. The maximum atomic E-state index is 12.1. The molecule has 1 aliphatic rings. The minimum Gasteiger partial charge on any atom is -0.349 e. The van der Waals surface area contributed by atoms with Gasteiger partial charge in [0.1, 0.15) is 6.54 Å². The molecular formula is C15H22N6O. The van der Waals surface area contributed by atoms with E-state index in [1.54, 1.807) is 12.5 Å². The molecule has 1 saturated heterocycles. The molecule has 0 bridgehead atoms. The Hall–Kier alpha value is -2.15. The van der Waals surface area contributed by atoms with Gasteiger partial charge in [-0.2, -0.15) is 5.10 Å². The van der Waals surface area contributed by atoms with Crippen molar-refractivity contribution in [2.24, 2.45) is 0 Å². The third kappa shape index (κ3) is 3.36. The molecule has 118 valence electrons. The molecule has 0 aromatic carbocycles. The van der Waals surface area contributed by atoms with Crippen molar-refractivity contribution >= 4 is 5.91 Å². The zero-order chi connectivity index (χ0) is 15.4. The van der Waals surface area contributed by atoms with Crippen LogP contribution < -0.4 is 10.6 Å². The van der Waals surface area contributed by atoms with Gasteiger partial charge in [-0.1, -0.05) is 0 Å². The summed E-state index contributed by atoms with van der Waals surface area (Å²) < 4.78 is 1.81. The molecule has 3 N–H and O–H groups in total. The minimum atomic E-state index is -0.0453. The summed E-state index contributed by atoms with van der Waals surface area (Å²) in [6, 6.07) is 2.02. The smallest absolute Gasteiger partial charge is 0.242 e. The third-order valence-electron chi connectivity index (χ3n) is 4.15. The van der Waals surface area contributed by atoms with Crippen LogP contribution in [0.2, 0.25) is 0 Å². The summed E-state index contributed by atoms with van der Waals surface area (Å²) in [6.07, 6.45) is 5.72. The Labute approximate surface area is 129 Å². The summed E-state index contributed by atoms with van der Waals surface area (Å²) in [5, 5.41) is 10.6. The van der Waals surface area contributed by atoms with Crippen molar-refractivity contribution < 1.29 is 4.79 Å². The molecule has 2 aromatic rings. The van der Waals surface area contributed by atoms with Crippen LogP contribution in [0, 0.1) is 6.92 Å². The summed E-state index contributed by atoms with van der Waals surface area (Å²) in [6.45, 7) is 4.67. The third-order valence-corrected chi connectivity index (χ3v) is 4.15. The van der Waals surface area contributed by atoms with Gasteiger partial charge in [-0.05, 0) is 32.4 Å². The van der Waals surface area contributed by atoms with Crippen LogP contribution in [-0.4, -0.2) is 38.7 Å². The van der Waals surface area contributed by atoms with Crippen molar-refractivity contribution in [3.63, 3.8) is 0 Å². The minimum absolute atomic E-state index is 0.0453. The van der Waals surface area contributed by atoms with Crippen LogP contribution in [-0.2, 0) is 17.9 Å². The Balaban J connectivity index is 1.57. The Morgan fingerprint density at radius 3 is 3.18 bits per heavy atom. The summed E-state index contributed by atoms with van der Waals surface area (Å²) >= 11 is 0. The molecule has 7 nitrogen and oxygen atoms in total. The van der Waals surface area contributed by atoms with Gasteiger partial charge in [0, 0.05) is 30.0 Å². The van der Waals surface area contributed by atoms with Gasteiger partial charge in [0.25, 0.3) is 0 Å². The second kappa shape index (κ2) is 6.74. The number of imidazole rings is 1. The molecule has 0 spiro atoms. The van der Waals surface area contributed by atoms with E-state index < -0.39 is 0 Å². The van der Waals surface area contributed by atoms with Gasteiger partial charge in [-0.25, -0.2) is 4.98 Å². The standard InChI is InChI=1S/C15H22N6O/c1-11-13(19-10-18-11)8-17-15(22)9-21-14(4-6-20-21)12-3-2-5-16-7-12/h4,6,10,12,16H,2-3,5,7-9H2,1H3,(H,17,22)(H,18,19)/t12-/m0/s1. The van der Waals surface area contributed by atoms with Crippen molar-refractivity contribution in [2.75, 3.05) is 13.1 Å². The largest absolute Gasteiger partial charge is 0.349 e. The molecule has 0 radical (unpaired) electrons. The lowest BCUT2D eigenvalue weighted by atomic mass is 9.96. The highest BCUT2D eigenvalue weighted by Crippen LogP contribution is 2.22. The van der Waals surface area contributed by atoms with Crippen LogP contribution in [0.1, 0.15) is 35.8 Å². The average Bonchev–Trinajstić information content (AvgIpc) is 3.15. The molecule has 1 atom stereocenters. The maximum Gasteiger partial charge on any atom is 0.242 e. The number of aromatic amines is 1. The number of hydrogen-bond donors (Lipinski definition) is 3. The maximum absolute atomic E-state index is 12.1. The van der Waals surface area contributed by atoms with Gasteiger partial charge in [-0.3, -0.25) is 9.48 Å². The number of nitrogens with one attached hydrogen (secondary N) is 3. The quantitative estimate of drug-likeness (QED) is 0.758. The average molecular weight is 302 g/mol. The molecular weight excluding hydrogens is 280 g/mol. The van der Waals surface area contributed by atoms with Crippen LogP contribution in [0.3, 0.4) is 0 Å². The van der Waals surface area contributed by atoms with E-state index in [1.165, 1.54) is 6.42 Å². The monoisotopic (exact) mass is 302 g/mol. The van der Waals surface area contributed by atoms with E-state index in [1.807, 2.05) is 17.7 Å². The van der Waals surface area contributed by atoms with Crippen molar-refractivity contribution in [3.8, 4) is 0 Å². The lowest BCUT2D eigenvalue weighted by Crippen LogP contribution is -2.32. The number of piperidine rings is 1. The first kappa shape index (κ1) is 14.8. The van der Waals surface area contributed by atoms with Crippen LogP contribution in [0.15, 0.2) is 18.6 Å². The Morgan fingerprint density at radius 1 is 1.55 bits per heavy atom. The lowest BCUT2D eigenvalue weighted by Gasteiger charge is -2.23. The first-order valence-corrected chi connectivity index (χ1v) is 7.72. The van der Waals surface area contributed by atoms with Gasteiger partial charge < -0.3 is 15.6 Å². The van der Waals surface area contributed by atoms with E-state index in [0.717, 1.165) is 36.6 Å². The molecule has 22 heavy (non-hydrogen) atoms. The van der Waals surface area contributed by atoms with E-state index in [-0.39, 0.29) is 12.5 Å². The summed E-state index contributed by atoms with van der Waals surface area (Å²) in [5.41, 5.74) is 2.98. The number of nitrogens with zero attached hydrogens (tertiary/aromatic N) is 3. The summed E-state index contributed by atoms with van der Waals surface area (Å²) in [5.74, 6) is 0.397. The van der Waals surface area contributed by atoms with Crippen LogP contribution in [0.4, 0.5) is 0 Å². The first-order valence-electron chi connectivity index (χ1n) is 7.72. The molecule has 1 amide bonds. The van der Waals surface area contributed by atoms with Crippen molar-refractivity contribution in [2.45, 2.75) is 38.8 Å². The molecule has 1 aliphatic heterocycles. The topological polar surface area (TPSA) is 87.6 Å². The van der Waals surface area contributed by atoms with Gasteiger partial charge in [-0.15, -0.1) is 0 Å². The fourth-order valence-electron chi connectivity index (χ4n) is 2.87. The number of aromatic nitrogens is 4. The van der Waals surface area contributed by atoms with E-state index in [2.05, 4.69) is 25.7 Å². The van der Waals surface area contributed by atoms with Crippen LogP contribution >= 0.6 is 0 Å². The molecule has 0 aliphatic carbocycles. The predicted molar refractivity (Wildman–Crippen MR) is 82.2 cm³/mol. The van der Waals surface area contributed by atoms with E-state index in [4.69, 9.17) is 0 Å². The fourth-order valence-corrected chi connectivity index (χ4v) is 2.87. The second-order valence-electron chi connectivity index (χ2n) is 5.71. The van der Waals surface area contributed by atoms with Crippen LogP contribution in [0.25, 0.3) is 0 Å². The molecule has 2 aromatic heterocycles. The zero-order valence-electron chi connectivity index (χ0n) is 12.8. The first-order chi connectivity index (χ1) is 10.7. The van der Waals surface area contributed by atoms with Crippen molar-refractivity contribution in [3.05, 3.63) is 35.7 Å². The van der Waals surface area contributed by atoms with Gasteiger partial charge in [0.2, 0.25) is 5.91 Å². The molecule has 0 saturated carbocycles. The number of H-pyrrole nitrogens is 1. The summed E-state index contributed by atoms with van der Waals surface area (Å²) in [4.78, 5) is 19.3. The van der Waals surface area contributed by atoms with E-state index in [0.29, 0.717) is 12.5 Å². The van der Waals surface area contributed by atoms with E-state index in [9.17, 15) is 4.79 Å². The zero-order valence-corrected chi connectivity index (χ0v) is 12.8. The normalized spacial score (nSPS) is 18.3. The molecule has 3 rings (SSSR count). The molecule has 0 unspecified atom stereocenters. The Kier molecular flexibility index (Phi) is 4.53. The van der Waals surface area contributed by atoms with Gasteiger partial charge in [0.05, 0.1) is 18.6 Å². The highest BCUT2D eigenvalue weighted by molar-refractivity contribution is 5.75. The SMILES string of the molecule is Cc1[nH]cnc1CNC(=O)Cn1nccc1[C@H]1CCCNC1. The fraction of sp³-hybridized carbons (Fsp3) is 0.533. The van der Waals surface area contributed by atoms with Crippen molar-refractivity contribution in [1.29, 1.82) is 0 Å². The van der Waals surface area contributed by atoms with Gasteiger partial charge in [0.15, 0.2) is 0 Å². The number of rotatable bonds is 5. The number of carbonyl (C=O) groups is 1. The predicted octanol–water partition coefficient (Wildman–Crippen LogP) is 0.698. The van der Waals surface area contributed by atoms with E-state index >= 15 is 0 Å². The summed E-state index contributed by atoms with van der Waals surface area (Å²) in [7, 11) is 0. The van der Waals surface area contributed by atoms with Crippen LogP contribution in [0.5, 0.6) is 0 Å². The molecule has 1 fully saturated rings. The molecule has 3 heterocycles. The van der Waals surface area contributed by atoms with Gasteiger partial charge >= 0.3 is 0 Å². The highest BCUT2D eigenvalue weighted by Gasteiger charge is 2.19.